The summed E-state index contributed by atoms with van der Waals surface area (Å²) in [5, 5.41) is 94.2. The second kappa shape index (κ2) is 18.2. The van der Waals surface area contributed by atoms with Crippen molar-refractivity contribution in [3.8, 4) is 0 Å². The number of unbranched alkanes of at least 4 members (excludes halogenated alkanes) is 2. The molecule has 0 radical (unpaired) electrons. The molecule has 0 bridgehead atoms. The fourth-order valence-corrected chi connectivity index (χ4v) is 6.68. The van der Waals surface area contributed by atoms with Crippen molar-refractivity contribution in [3.63, 3.8) is 0 Å². The maximum Gasteiger partial charge on any atom is 0.305 e. The number of amides is 2. The summed E-state index contributed by atoms with van der Waals surface area (Å²) in [6.45, 7) is -2.23. The van der Waals surface area contributed by atoms with E-state index >= 15 is 0 Å². The molecule has 15 atom stereocenters. The number of esters is 1. The van der Waals surface area contributed by atoms with Crippen LogP contribution in [0.1, 0.15) is 46.4 Å². The number of ether oxygens (including phenoxy) is 7. The molecule has 1 aromatic carbocycles. The third-order valence-electron chi connectivity index (χ3n) is 9.71. The van der Waals surface area contributed by atoms with Crippen LogP contribution in [0.4, 0.5) is 0 Å². The Balaban J connectivity index is 1.32. The lowest BCUT2D eigenvalue weighted by molar-refractivity contribution is -0.359. The van der Waals surface area contributed by atoms with Crippen LogP contribution in [0.5, 0.6) is 0 Å². The zero-order chi connectivity index (χ0) is 38.6. The number of aliphatic hydroxyl groups excluding tert-OH is 9. The minimum absolute atomic E-state index is 0.00738. The summed E-state index contributed by atoms with van der Waals surface area (Å²) in [5.74, 6) is -1.93. The van der Waals surface area contributed by atoms with Crippen molar-refractivity contribution < 1.29 is 93.5 Å². The number of aliphatic hydroxyl groups is 9. The predicted molar refractivity (Wildman–Crippen MR) is 170 cm³/mol. The molecule has 2 amide bonds. The fourth-order valence-electron chi connectivity index (χ4n) is 6.68. The molecule has 4 heterocycles. The van der Waals surface area contributed by atoms with Gasteiger partial charge in [-0.2, -0.15) is 0 Å². The van der Waals surface area contributed by atoms with Gasteiger partial charge >= 0.3 is 5.97 Å². The first-order valence-corrected chi connectivity index (χ1v) is 17.2. The first-order chi connectivity index (χ1) is 25.3. The van der Waals surface area contributed by atoms with Crippen LogP contribution in [-0.4, -0.2) is 194 Å². The molecule has 20 heteroatoms. The molecular formula is C33H47NO19. The van der Waals surface area contributed by atoms with E-state index in [9.17, 15) is 60.3 Å². The first kappa shape index (κ1) is 41.4. The van der Waals surface area contributed by atoms with Gasteiger partial charge in [0.2, 0.25) is 0 Å². The Morgan fingerprint density at radius 1 is 0.679 bits per heavy atom. The SMILES string of the molecule is COC(=O)CCCCCO[C@@H]1O[C@H](CO)[C@@H](O[C@@H]2O[C@H](CO[C@H]3O[C@H](CO)[C@H](O)[C@H](O)[C@H]3O)[C@H](O)[C@H](O)[C@H]2O)[C@H](O)[C@H]1N1C(=O)c2ccccc2C1=O. The van der Waals surface area contributed by atoms with Crippen molar-refractivity contribution in [3.05, 3.63) is 35.4 Å². The highest BCUT2D eigenvalue weighted by Gasteiger charge is 2.56. The van der Waals surface area contributed by atoms with Gasteiger partial charge in [-0.25, -0.2) is 0 Å². The van der Waals surface area contributed by atoms with E-state index in [0.29, 0.717) is 19.3 Å². The molecule has 1 aromatic rings. The quantitative estimate of drug-likeness (QED) is 0.0462. The van der Waals surface area contributed by atoms with Gasteiger partial charge in [-0.15, -0.1) is 0 Å². The Hall–Kier alpha value is -2.77. The first-order valence-electron chi connectivity index (χ1n) is 17.2. The average Bonchev–Trinajstić information content (AvgIpc) is 3.41. The van der Waals surface area contributed by atoms with Crippen LogP contribution in [-0.2, 0) is 38.0 Å². The zero-order valence-corrected chi connectivity index (χ0v) is 28.7. The van der Waals surface area contributed by atoms with Gasteiger partial charge in [0.25, 0.3) is 11.8 Å². The third-order valence-corrected chi connectivity index (χ3v) is 9.71. The molecule has 298 valence electrons. The fraction of sp³-hybridized carbons (Fsp3) is 0.727. The molecule has 3 saturated heterocycles. The van der Waals surface area contributed by atoms with Crippen LogP contribution in [0.15, 0.2) is 24.3 Å². The summed E-state index contributed by atoms with van der Waals surface area (Å²) < 4.78 is 38.8. The number of benzene rings is 1. The van der Waals surface area contributed by atoms with E-state index in [1.807, 2.05) is 0 Å². The standard InChI is InChI=1S/C33H47NO19/c1-47-19(37)9-3-2-6-10-48-31-20(34-29(45)14-7-4-5-8-15(14)30(34)46)23(40)28(17(12-36)51-31)53-33-27(44)25(42)22(39)18(52-33)13-49-32-26(43)24(41)21(38)16(11-35)50-32/h4-5,7-8,16-18,20-28,31-33,35-36,38-44H,2-3,6,9-13H2,1H3/t16-,17-,18-,20-,21+,22+,23-,24+,25+,26-,27-,28-,31-,32+,33+/m1/s1. The number of carbonyl (C=O) groups excluding carboxylic acids is 3. The van der Waals surface area contributed by atoms with Crippen molar-refractivity contribution in [2.75, 3.05) is 33.5 Å². The summed E-state index contributed by atoms with van der Waals surface area (Å²) in [4.78, 5) is 39.3. The summed E-state index contributed by atoms with van der Waals surface area (Å²) in [6, 6.07) is 4.39. The van der Waals surface area contributed by atoms with E-state index in [2.05, 4.69) is 4.74 Å². The normalized spacial score (nSPS) is 38.9. The van der Waals surface area contributed by atoms with Gasteiger partial charge in [0, 0.05) is 13.0 Å². The van der Waals surface area contributed by atoms with E-state index in [1.54, 1.807) is 12.1 Å². The van der Waals surface area contributed by atoms with Crippen LogP contribution in [0, 0.1) is 0 Å². The van der Waals surface area contributed by atoms with Crippen LogP contribution in [0.2, 0.25) is 0 Å². The second-order valence-electron chi connectivity index (χ2n) is 13.1. The maximum atomic E-state index is 13.6. The van der Waals surface area contributed by atoms with Crippen molar-refractivity contribution in [2.45, 2.75) is 118 Å². The monoisotopic (exact) mass is 761 g/mol. The Labute approximate surface area is 302 Å². The number of rotatable bonds is 15. The summed E-state index contributed by atoms with van der Waals surface area (Å²) in [5.41, 5.74) is 0.108. The van der Waals surface area contributed by atoms with Crippen LogP contribution in [0.3, 0.4) is 0 Å². The molecule has 4 aliphatic heterocycles. The lowest BCUT2D eigenvalue weighted by Crippen LogP contribution is -2.68. The minimum atomic E-state index is -1.98. The smallest absolute Gasteiger partial charge is 0.305 e. The maximum absolute atomic E-state index is 13.6. The summed E-state index contributed by atoms with van der Waals surface area (Å²) in [7, 11) is 1.28. The van der Waals surface area contributed by atoms with E-state index in [4.69, 9.17) is 28.4 Å². The number of hydrogen-bond donors (Lipinski definition) is 9. The highest BCUT2D eigenvalue weighted by molar-refractivity contribution is 6.21. The average molecular weight is 762 g/mol. The molecule has 9 N–H and O–H groups in total. The topological polar surface area (TPSA) is 301 Å². The predicted octanol–water partition coefficient (Wildman–Crippen LogP) is -4.51. The molecule has 3 fully saturated rings. The van der Waals surface area contributed by atoms with E-state index < -0.39 is 124 Å². The number of imide groups is 1. The van der Waals surface area contributed by atoms with Gasteiger partial charge in [0.05, 0.1) is 38.1 Å². The van der Waals surface area contributed by atoms with E-state index in [-0.39, 0.29) is 30.1 Å². The molecule has 0 aliphatic carbocycles. The Morgan fingerprint density at radius 2 is 1.25 bits per heavy atom. The molecule has 0 aromatic heterocycles. The second-order valence-corrected chi connectivity index (χ2v) is 13.1. The Morgan fingerprint density at radius 3 is 1.85 bits per heavy atom. The Kier molecular flexibility index (Phi) is 14.2. The van der Waals surface area contributed by atoms with Gasteiger partial charge in [-0.1, -0.05) is 18.6 Å². The van der Waals surface area contributed by atoms with Crippen molar-refractivity contribution in [2.24, 2.45) is 0 Å². The molecular weight excluding hydrogens is 714 g/mol. The van der Waals surface area contributed by atoms with Crippen LogP contribution in [0.25, 0.3) is 0 Å². The molecule has 20 nitrogen and oxygen atoms in total. The lowest BCUT2D eigenvalue weighted by Gasteiger charge is -2.48. The Bertz CT molecular complexity index is 1360. The van der Waals surface area contributed by atoms with Crippen LogP contribution < -0.4 is 0 Å². The molecule has 4 aliphatic rings. The summed E-state index contributed by atoms with van der Waals surface area (Å²) in [6.07, 6.45) is -22.2. The number of nitrogens with zero attached hydrogens (tertiary/aromatic N) is 1. The molecule has 5 rings (SSSR count). The zero-order valence-electron chi connectivity index (χ0n) is 28.7. The van der Waals surface area contributed by atoms with Crippen molar-refractivity contribution >= 4 is 17.8 Å². The van der Waals surface area contributed by atoms with E-state index in [1.165, 1.54) is 19.2 Å². The number of fused-ring (bicyclic) bond motifs is 1. The summed E-state index contributed by atoms with van der Waals surface area (Å²) >= 11 is 0. The molecule has 0 unspecified atom stereocenters. The number of methoxy groups -OCH3 is 1. The van der Waals surface area contributed by atoms with Crippen LogP contribution >= 0.6 is 0 Å². The molecule has 0 saturated carbocycles. The van der Waals surface area contributed by atoms with Gasteiger partial charge in [-0.05, 0) is 25.0 Å². The number of carbonyl (C=O) groups is 3. The van der Waals surface area contributed by atoms with Gasteiger partial charge in [0.15, 0.2) is 18.9 Å². The van der Waals surface area contributed by atoms with Gasteiger partial charge in [-0.3, -0.25) is 19.3 Å². The van der Waals surface area contributed by atoms with Crippen molar-refractivity contribution in [1.29, 1.82) is 0 Å². The van der Waals surface area contributed by atoms with Gasteiger partial charge in [0.1, 0.15) is 73.2 Å². The highest BCUT2D eigenvalue weighted by atomic mass is 16.7. The van der Waals surface area contributed by atoms with Gasteiger partial charge < -0.3 is 79.1 Å². The van der Waals surface area contributed by atoms with E-state index in [0.717, 1.165) is 4.90 Å². The largest absolute Gasteiger partial charge is 0.469 e. The third kappa shape index (κ3) is 8.72. The minimum Gasteiger partial charge on any atom is -0.469 e. The van der Waals surface area contributed by atoms with Crippen molar-refractivity contribution in [1.82, 2.24) is 4.90 Å². The molecule has 0 spiro atoms. The number of hydrogen-bond acceptors (Lipinski definition) is 19. The molecule has 53 heavy (non-hydrogen) atoms. The lowest BCUT2D eigenvalue weighted by atomic mass is 9.94. The highest BCUT2D eigenvalue weighted by Crippen LogP contribution is 2.36.